The van der Waals surface area contributed by atoms with Gasteiger partial charge in [-0.05, 0) is 24.6 Å². The van der Waals surface area contributed by atoms with Crippen LogP contribution in [-0.4, -0.2) is 17.9 Å². The molecular formula is C13H11ClF2N2O. The van der Waals surface area contributed by atoms with Gasteiger partial charge in [0.25, 0.3) is 5.91 Å². The van der Waals surface area contributed by atoms with E-state index in [4.69, 9.17) is 16.9 Å². The molecule has 6 heteroatoms. The molecule has 0 bridgehead atoms. The van der Waals surface area contributed by atoms with Crippen LogP contribution in [0.15, 0.2) is 18.2 Å². The summed E-state index contributed by atoms with van der Waals surface area (Å²) < 4.78 is 27.0. The molecule has 3 nitrogen and oxygen atoms in total. The summed E-state index contributed by atoms with van der Waals surface area (Å²) in [7, 11) is 0. The van der Waals surface area contributed by atoms with E-state index in [0.717, 1.165) is 4.90 Å². The number of nitriles is 1. The van der Waals surface area contributed by atoms with Gasteiger partial charge in [0.15, 0.2) is 0 Å². The topological polar surface area (TPSA) is 44.1 Å². The maximum absolute atomic E-state index is 13.5. The third-order valence-corrected chi connectivity index (χ3v) is 3.52. The summed E-state index contributed by atoms with van der Waals surface area (Å²) in [5, 5.41) is 8.92. The predicted molar refractivity (Wildman–Crippen MR) is 67.3 cm³/mol. The molecule has 0 aromatic heterocycles. The van der Waals surface area contributed by atoms with Crippen LogP contribution < -0.4 is 4.90 Å². The first-order valence-corrected chi connectivity index (χ1v) is 6.19. The summed E-state index contributed by atoms with van der Waals surface area (Å²) in [6, 6.07) is 5.60. The fraction of sp³-hybridized carbons (Fsp3) is 0.385. The molecule has 1 atom stereocenters. The Labute approximate surface area is 114 Å². The van der Waals surface area contributed by atoms with Gasteiger partial charge in [0, 0.05) is 18.2 Å². The van der Waals surface area contributed by atoms with Gasteiger partial charge in [0.05, 0.1) is 10.6 Å². The number of hydrogen-bond acceptors (Lipinski definition) is 2. The molecule has 0 unspecified atom stereocenters. The second kappa shape index (κ2) is 4.78. The van der Waals surface area contributed by atoms with Crippen LogP contribution in [0.25, 0.3) is 0 Å². The van der Waals surface area contributed by atoms with Crippen molar-refractivity contribution >= 4 is 23.2 Å². The molecule has 1 aliphatic rings. The van der Waals surface area contributed by atoms with Crippen molar-refractivity contribution in [2.24, 2.45) is 0 Å². The molecule has 0 spiro atoms. The zero-order chi connectivity index (χ0) is 14.2. The van der Waals surface area contributed by atoms with Crippen molar-refractivity contribution in [3.8, 4) is 6.07 Å². The van der Waals surface area contributed by atoms with Crippen molar-refractivity contribution in [1.82, 2.24) is 0 Å². The Bertz CT molecular complexity index is 568. The lowest BCUT2D eigenvalue weighted by molar-refractivity contribution is -0.137. The third kappa shape index (κ3) is 2.28. The van der Waals surface area contributed by atoms with Crippen molar-refractivity contribution in [2.75, 3.05) is 4.90 Å². The molecule has 100 valence electrons. The number of anilines is 1. The Morgan fingerprint density at radius 2 is 2.26 bits per heavy atom. The molecule has 1 amide bonds. The standard InChI is InChI=1S/C13H11ClF2N2O/c1-2-9-6-13(15,16)12(19)18(9)10-4-3-8(7-17)11(14)5-10/h3-5,9H,2,6H2,1H3/t9-/m0/s1. The lowest BCUT2D eigenvalue weighted by Crippen LogP contribution is -2.36. The number of rotatable bonds is 2. The summed E-state index contributed by atoms with van der Waals surface area (Å²) in [6.45, 7) is 1.75. The van der Waals surface area contributed by atoms with Crippen LogP contribution in [0.5, 0.6) is 0 Å². The van der Waals surface area contributed by atoms with Gasteiger partial charge in [-0.1, -0.05) is 18.5 Å². The number of carbonyl (C=O) groups is 1. The van der Waals surface area contributed by atoms with Gasteiger partial charge < -0.3 is 4.90 Å². The maximum Gasteiger partial charge on any atom is 0.327 e. The highest BCUT2D eigenvalue weighted by Gasteiger charge is 2.53. The number of carbonyl (C=O) groups excluding carboxylic acids is 1. The first-order chi connectivity index (χ1) is 8.90. The summed E-state index contributed by atoms with van der Waals surface area (Å²) >= 11 is 5.87. The minimum atomic E-state index is -3.33. The number of halogens is 3. The van der Waals surface area contributed by atoms with Crippen molar-refractivity contribution in [3.05, 3.63) is 28.8 Å². The quantitative estimate of drug-likeness (QED) is 0.836. The van der Waals surface area contributed by atoms with Gasteiger partial charge in [0.2, 0.25) is 0 Å². The van der Waals surface area contributed by atoms with Gasteiger partial charge in [-0.25, -0.2) is 0 Å². The van der Waals surface area contributed by atoms with Crippen molar-refractivity contribution in [1.29, 1.82) is 5.26 Å². The molecule has 1 aromatic carbocycles. The summed E-state index contributed by atoms with van der Waals surface area (Å²) in [6.07, 6.45) is -0.0566. The van der Waals surface area contributed by atoms with E-state index in [1.165, 1.54) is 18.2 Å². The smallest absolute Gasteiger partial charge is 0.304 e. The Morgan fingerprint density at radius 3 is 2.79 bits per heavy atom. The number of benzene rings is 1. The van der Waals surface area contributed by atoms with Gasteiger partial charge in [0.1, 0.15) is 6.07 Å². The molecule has 1 heterocycles. The molecule has 0 N–H and O–H groups in total. The van der Waals surface area contributed by atoms with Crippen LogP contribution in [0.1, 0.15) is 25.3 Å². The van der Waals surface area contributed by atoms with Crippen LogP contribution in [0.4, 0.5) is 14.5 Å². The molecule has 0 saturated carbocycles. The normalized spacial score (nSPS) is 21.5. The first-order valence-electron chi connectivity index (χ1n) is 5.82. The van der Waals surface area contributed by atoms with E-state index in [0.29, 0.717) is 12.1 Å². The number of alkyl halides is 2. The third-order valence-electron chi connectivity index (χ3n) is 3.21. The van der Waals surface area contributed by atoms with E-state index in [-0.39, 0.29) is 10.6 Å². The number of amides is 1. The lowest BCUT2D eigenvalue weighted by atomic mass is 10.1. The van der Waals surface area contributed by atoms with Crippen molar-refractivity contribution < 1.29 is 13.6 Å². The SMILES string of the molecule is CC[C@H]1CC(F)(F)C(=O)N1c1ccc(C#N)c(Cl)c1. The van der Waals surface area contributed by atoms with Crippen molar-refractivity contribution in [2.45, 2.75) is 31.7 Å². The average Bonchev–Trinajstić information content (AvgIpc) is 2.60. The van der Waals surface area contributed by atoms with Crippen LogP contribution in [-0.2, 0) is 4.79 Å². The van der Waals surface area contributed by atoms with Crippen LogP contribution in [0.2, 0.25) is 5.02 Å². The molecule has 1 fully saturated rings. The minimum absolute atomic E-state index is 0.151. The molecular weight excluding hydrogens is 274 g/mol. The molecule has 1 saturated heterocycles. The molecule has 0 aliphatic carbocycles. The average molecular weight is 285 g/mol. The van der Waals surface area contributed by atoms with E-state index in [2.05, 4.69) is 0 Å². The number of hydrogen-bond donors (Lipinski definition) is 0. The van der Waals surface area contributed by atoms with Gasteiger partial charge >= 0.3 is 5.92 Å². The Hall–Kier alpha value is -1.67. The summed E-state index contributed by atoms with van der Waals surface area (Å²) in [5.74, 6) is -4.54. The second-order valence-electron chi connectivity index (χ2n) is 4.42. The Kier molecular flexibility index (Phi) is 3.46. The second-order valence-corrected chi connectivity index (χ2v) is 4.83. The van der Waals surface area contributed by atoms with Crippen LogP contribution >= 0.6 is 11.6 Å². The van der Waals surface area contributed by atoms with Crippen LogP contribution in [0, 0.1) is 11.3 Å². The molecule has 19 heavy (non-hydrogen) atoms. The molecule has 1 aliphatic heterocycles. The zero-order valence-corrected chi connectivity index (χ0v) is 10.9. The monoisotopic (exact) mass is 284 g/mol. The van der Waals surface area contributed by atoms with E-state index in [1.807, 2.05) is 6.07 Å². The van der Waals surface area contributed by atoms with Crippen molar-refractivity contribution in [3.63, 3.8) is 0 Å². The highest BCUT2D eigenvalue weighted by molar-refractivity contribution is 6.32. The zero-order valence-electron chi connectivity index (χ0n) is 10.2. The van der Waals surface area contributed by atoms with Gasteiger partial charge in [-0.15, -0.1) is 0 Å². The minimum Gasteiger partial charge on any atom is -0.304 e. The Morgan fingerprint density at radius 1 is 1.58 bits per heavy atom. The number of nitrogens with zero attached hydrogens (tertiary/aromatic N) is 2. The maximum atomic E-state index is 13.5. The predicted octanol–water partition coefficient (Wildman–Crippen LogP) is 3.36. The highest BCUT2D eigenvalue weighted by Crippen LogP contribution is 2.38. The molecule has 0 radical (unpaired) electrons. The van der Waals surface area contributed by atoms with E-state index in [1.54, 1.807) is 6.92 Å². The van der Waals surface area contributed by atoms with E-state index < -0.39 is 24.3 Å². The summed E-state index contributed by atoms with van der Waals surface area (Å²) in [4.78, 5) is 12.8. The summed E-state index contributed by atoms with van der Waals surface area (Å²) in [5.41, 5.74) is 0.551. The lowest BCUT2D eigenvalue weighted by Gasteiger charge is -2.23. The van der Waals surface area contributed by atoms with Crippen LogP contribution in [0.3, 0.4) is 0 Å². The van der Waals surface area contributed by atoms with Gasteiger partial charge in [-0.2, -0.15) is 14.0 Å². The molecule has 2 rings (SSSR count). The highest BCUT2D eigenvalue weighted by atomic mass is 35.5. The largest absolute Gasteiger partial charge is 0.327 e. The fourth-order valence-electron chi connectivity index (χ4n) is 2.22. The Balaban J connectivity index is 2.43. The van der Waals surface area contributed by atoms with Gasteiger partial charge in [-0.3, -0.25) is 4.79 Å². The van der Waals surface area contributed by atoms with E-state index in [9.17, 15) is 13.6 Å². The fourth-order valence-corrected chi connectivity index (χ4v) is 2.43. The van der Waals surface area contributed by atoms with E-state index >= 15 is 0 Å². The molecule has 1 aromatic rings. The first kappa shape index (κ1) is 13.8.